The molecule has 2 heterocycles. The second-order valence-corrected chi connectivity index (χ2v) is 9.07. The van der Waals surface area contributed by atoms with Crippen LogP contribution in [0.4, 0.5) is 11.6 Å². The van der Waals surface area contributed by atoms with E-state index in [4.69, 9.17) is 41.5 Å². The highest BCUT2D eigenvalue weighted by Crippen LogP contribution is 2.12. The number of aldehydes is 1. The van der Waals surface area contributed by atoms with Gasteiger partial charge in [-0.3, -0.25) is 19.4 Å². The van der Waals surface area contributed by atoms with Crippen LogP contribution in [0.2, 0.25) is 0 Å². The van der Waals surface area contributed by atoms with Crippen molar-refractivity contribution in [1.82, 2.24) is 25.3 Å². The highest BCUT2D eigenvalue weighted by atomic mass is 16.4. The number of nitrogens with zero attached hydrogens (tertiary/aromatic N) is 3. The van der Waals surface area contributed by atoms with E-state index in [1.165, 1.54) is 18.3 Å². The first-order valence-corrected chi connectivity index (χ1v) is 12.7. The predicted octanol–water partition coefficient (Wildman–Crippen LogP) is -3.42. The average molecular weight is 622 g/mol. The summed E-state index contributed by atoms with van der Waals surface area (Å²) in [4.78, 5) is 70.4. The van der Waals surface area contributed by atoms with E-state index in [0.29, 0.717) is 11.4 Å². The van der Waals surface area contributed by atoms with Crippen molar-refractivity contribution in [1.29, 1.82) is 0 Å². The molecule has 238 valence electrons. The molecule has 5 atom stereocenters. The zero-order valence-electron chi connectivity index (χ0n) is 22.8. The molecule has 19 nitrogen and oxygen atoms in total. The van der Waals surface area contributed by atoms with Crippen LogP contribution in [0, 0.1) is 0 Å². The van der Waals surface area contributed by atoms with Gasteiger partial charge in [-0.1, -0.05) is 0 Å². The molecular weight excluding hydrogens is 590 g/mol. The van der Waals surface area contributed by atoms with E-state index in [1.54, 1.807) is 12.1 Å². The first-order valence-electron chi connectivity index (χ1n) is 12.7. The second-order valence-electron chi connectivity index (χ2n) is 9.07. The Kier molecular flexibility index (Phi) is 13.2. The Morgan fingerprint density at radius 2 is 1.68 bits per heavy atom. The number of anilines is 2. The summed E-state index contributed by atoms with van der Waals surface area (Å²) in [5.74, 6) is -3.16. The van der Waals surface area contributed by atoms with Gasteiger partial charge in [-0.05, 0) is 30.7 Å². The minimum absolute atomic E-state index is 0.0258. The molecule has 44 heavy (non-hydrogen) atoms. The fourth-order valence-corrected chi connectivity index (χ4v) is 3.37. The number of nitrogens with two attached hydrogens (primary N) is 1. The number of aliphatic carboxylic acids is 2. The number of carbonyl (C=O) groups excluding carboxylic acids is 2. The number of hydrogen-bond donors (Lipinski definition) is 11. The number of carboxylic acid groups (broad SMARTS) is 2. The van der Waals surface area contributed by atoms with Crippen LogP contribution in [-0.4, -0.2) is 117 Å². The van der Waals surface area contributed by atoms with Gasteiger partial charge in [0.25, 0.3) is 11.5 Å². The summed E-state index contributed by atoms with van der Waals surface area (Å²) in [5.41, 5.74) is 6.47. The predicted molar refractivity (Wildman–Crippen MR) is 149 cm³/mol. The summed E-state index contributed by atoms with van der Waals surface area (Å²) >= 11 is 0. The lowest BCUT2D eigenvalue weighted by molar-refractivity contribution is -0.140. The minimum Gasteiger partial charge on any atom is -0.481 e. The number of aromatic amines is 1. The van der Waals surface area contributed by atoms with Crippen LogP contribution >= 0.6 is 0 Å². The third-order valence-corrected chi connectivity index (χ3v) is 5.78. The smallest absolute Gasteiger partial charge is 0.326 e. The third-order valence-electron chi connectivity index (χ3n) is 5.78. The largest absolute Gasteiger partial charge is 0.481 e. The number of carbonyl (C=O) groups is 4. The molecule has 0 saturated heterocycles. The van der Waals surface area contributed by atoms with Crippen molar-refractivity contribution in [3.05, 3.63) is 52.1 Å². The maximum absolute atomic E-state index is 12.3. The minimum atomic E-state index is -1.79. The Balaban J connectivity index is 0.000000477. The highest BCUT2D eigenvalue weighted by Gasteiger charge is 2.29. The highest BCUT2D eigenvalue weighted by molar-refractivity contribution is 5.97. The number of rotatable bonds is 14. The molecule has 5 unspecified atom stereocenters. The Hall–Kier alpha value is -5.08. The molecule has 0 saturated carbocycles. The maximum atomic E-state index is 12.3. The maximum Gasteiger partial charge on any atom is 0.326 e. The second kappa shape index (κ2) is 16.5. The van der Waals surface area contributed by atoms with Crippen LogP contribution in [0.1, 0.15) is 28.9 Å². The van der Waals surface area contributed by atoms with Gasteiger partial charge in [-0.15, -0.1) is 0 Å². The lowest BCUT2D eigenvalue weighted by Gasteiger charge is -2.22. The van der Waals surface area contributed by atoms with E-state index in [1.807, 2.05) is 0 Å². The summed E-state index contributed by atoms with van der Waals surface area (Å²) in [6.45, 7) is -0.529. The summed E-state index contributed by atoms with van der Waals surface area (Å²) in [5, 5.41) is 66.7. The number of fused-ring (bicyclic) bond motifs is 1. The van der Waals surface area contributed by atoms with Gasteiger partial charge >= 0.3 is 11.9 Å². The number of aliphatic hydroxyl groups excluding tert-OH is 5. The summed E-state index contributed by atoms with van der Waals surface area (Å²) in [6.07, 6.45) is -6.00. The van der Waals surface area contributed by atoms with Crippen molar-refractivity contribution >= 4 is 46.9 Å². The van der Waals surface area contributed by atoms with Crippen LogP contribution in [0.25, 0.3) is 11.2 Å². The number of hydrogen-bond acceptors (Lipinski definition) is 15. The molecule has 19 heteroatoms. The molecule has 0 aliphatic rings. The lowest BCUT2D eigenvalue weighted by atomic mass is 10.0. The van der Waals surface area contributed by atoms with Gasteiger partial charge in [0, 0.05) is 17.7 Å². The van der Waals surface area contributed by atoms with Crippen molar-refractivity contribution in [3.63, 3.8) is 0 Å². The number of carboxylic acids is 2. The van der Waals surface area contributed by atoms with Crippen LogP contribution in [-0.2, 0) is 20.9 Å². The number of benzene rings is 1. The van der Waals surface area contributed by atoms with Gasteiger partial charge in [-0.2, -0.15) is 4.98 Å². The van der Waals surface area contributed by atoms with Crippen molar-refractivity contribution in [2.24, 2.45) is 0 Å². The van der Waals surface area contributed by atoms with Crippen LogP contribution in [0.15, 0.2) is 35.3 Å². The molecule has 0 aliphatic carbocycles. The molecule has 3 aromatic rings. The Morgan fingerprint density at radius 1 is 1.02 bits per heavy atom. The van der Waals surface area contributed by atoms with E-state index >= 15 is 0 Å². The van der Waals surface area contributed by atoms with E-state index in [2.05, 4.69) is 30.6 Å². The number of aromatic nitrogens is 4. The Bertz CT molecular complexity index is 1500. The van der Waals surface area contributed by atoms with E-state index in [0.717, 1.165) is 0 Å². The van der Waals surface area contributed by atoms with Crippen molar-refractivity contribution in [2.45, 2.75) is 49.8 Å². The van der Waals surface area contributed by atoms with E-state index in [-0.39, 0.29) is 48.3 Å². The van der Waals surface area contributed by atoms with Crippen LogP contribution < -0.4 is 21.9 Å². The van der Waals surface area contributed by atoms with Crippen molar-refractivity contribution in [3.8, 4) is 0 Å². The number of H-pyrrole nitrogens is 1. The summed E-state index contributed by atoms with van der Waals surface area (Å²) in [6, 6.07) is 4.86. The van der Waals surface area contributed by atoms with Crippen molar-refractivity contribution in [2.75, 3.05) is 17.7 Å². The Labute approximate surface area is 247 Å². The molecule has 0 bridgehead atoms. The monoisotopic (exact) mass is 621 g/mol. The molecule has 1 aromatic carbocycles. The third kappa shape index (κ3) is 10.3. The summed E-state index contributed by atoms with van der Waals surface area (Å²) < 4.78 is 0. The number of aliphatic hydroxyl groups is 5. The van der Waals surface area contributed by atoms with Crippen molar-refractivity contribution < 1.29 is 54.9 Å². The number of amides is 1. The topological polar surface area (TPSA) is 332 Å². The fraction of sp³-hybridized carbons (Fsp3) is 0.360. The van der Waals surface area contributed by atoms with Gasteiger partial charge < -0.3 is 56.9 Å². The molecular formula is C25H31N7O12. The lowest BCUT2D eigenvalue weighted by Crippen LogP contribution is -2.46. The SMILES string of the molecule is Nc1nc2ncc(CNc3ccc(C(=O)NC(CCC(=O)O)C(=O)O)cc3)nc2c(=O)[nH]1.O=CC(O)C(O)C(O)C(O)CO. The van der Waals surface area contributed by atoms with Gasteiger partial charge in [0.05, 0.1) is 25.0 Å². The molecule has 0 radical (unpaired) electrons. The normalized spacial score (nSPS) is 14.2. The molecule has 0 fully saturated rings. The first-order chi connectivity index (χ1) is 20.8. The van der Waals surface area contributed by atoms with Gasteiger partial charge in [0.15, 0.2) is 17.5 Å². The van der Waals surface area contributed by atoms with E-state index in [9.17, 15) is 24.0 Å². The van der Waals surface area contributed by atoms with Gasteiger partial charge in [0.1, 0.15) is 30.5 Å². The van der Waals surface area contributed by atoms with Gasteiger partial charge in [-0.25, -0.2) is 14.8 Å². The van der Waals surface area contributed by atoms with E-state index < -0.39 is 60.5 Å². The first kappa shape index (κ1) is 35.1. The average Bonchev–Trinajstić information content (AvgIpc) is 3.00. The quantitative estimate of drug-likeness (QED) is 0.0780. The van der Waals surface area contributed by atoms with Crippen LogP contribution in [0.5, 0.6) is 0 Å². The molecule has 2 aromatic heterocycles. The number of nitrogens with one attached hydrogen (secondary N) is 3. The zero-order chi connectivity index (χ0) is 33.0. The summed E-state index contributed by atoms with van der Waals surface area (Å²) in [7, 11) is 0. The van der Waals surface area contributed by atoms with Crippen LogP contribution in [0.3, 0.4) is 0 Å². The zero-order valence-corrected chi connectivity index (χ0v) is 22.8. The number of nitrogen functional groups attached to an aromatic ring is 1. The Morgan fingerprint density at radius 3 is 2.25 bits per heavy atom. The van der Waals surface area contributed by atoms with Gasteiger partial charge in [0.2, 0.25) is 5.95 Å². The standard InChI is InChI=1S/C19H19N7O6.C6H12O6/c20-19-25-15-14(17(30)26-19)23-11(8-22-15)7-21-10-3-1-9(2-4-10)16(29)24-12(18(31)32)5-6-13(27)28;7-1-3(9)5(11)6(12)4(10)2-8/h1-4,8,12,21H,5-7H2,(H,24,29)(H,27,28)(H,31,32)(H3,20,22,25,26,30);1,3-6,8-12H,2H2. The fourth-order valence-electron chi connectivity index (χ4n) is 3.37. The molecule has 0 spiro atoms. The molecule has 3 rings (SSSR count). The molecule has 12 N–H and O–H groups in total. The molecule has 0 aliphatic heterocycles. The molecule has 1 amide bonds.